The first-order valence-corrected chi connectivity index (χ1v) is 13.0. The summed E-state index contributed by atoms with van der Waals surface area (Å²) < 4.78 is 15.9. The number of halogens is 1. The minimum Gasteiger partial charge on any atom is -0.206 e. The Morgan fingerprint density at radius 2 is 1.42 bits per heavy atom. The smallest absolute Gasteiger partial charge is 0.134 e. The molecule has 0 atom stereocenters. The molecule has 3 aliphatic carbocycles. The molecule has 0 radical (unpaired) electrons. The van der Waals surface area contributed by atoms with Crippen LogP contribution in [0.3, 0.4) is 0 Å². The molecule has 1 heteroatoms. The average Bonchev–Trinajstić information content (AvgIpc) is 2.81. The Labute approximate surface area is 189 Å². The van der Waals surface area contributed by atoms with Gasteiger partial charge >= 0.3 is 0 Å². The topological polar surface area (TPSA) is 0 Å². The molecule has 0 nitrogen and oxygen atoms in total. The maximum atomic E-state index is 15.9. The highest BCUT2D eigenvalue weighted by Gasteiger charge is 2.49. The minimum atomic E-state index is 0.0414. The molecule has 0 aliphatic heterocycles. The maximum absolute atomic E-state index is 15.9. The second-order valence-electron chi connectivity index (χ2n) is 10.6. The van der Waals surface area contributed by atoms with Crippen LogP contribution in [0.25, 0.3) is 11.1 Å². The number of fused-ring (bicyclic) bond motifs is 3. The molecule has 2 aromatic rings. The van der Waals surface area contributed by atoms with Crippen molar-refractivity contribution in [3.8, 4) is 11.1 Å². The highest BCUT2D eigenvalue weighted by atomic mass is 19.1. The number of benzene rings is 2. The molecule has 0 N–H and O–H groups in total. The molecule has 0 spiro atoms. The van der Waals surface area contributed by atoms with Crippen molar-refractivity contribution in [2.24, 2.45) is 5.41 Å². The van der Waals surface area contributed by atoms with Crippen molar-refractivity contribution in [1.82, 2.24) is 0 Å². The first kappa shape index (κ1) is 22.6. The monoisotopic (exact) mass is 420 g/mol. The van der Waals surface area contributed by atoms with E-state index in [0.29, 0.717) is 5.41 Å². The summed E-state index contributed by atoms with van der Waals surface area (Å²) >= 11 is 0. The predicted octanol–water partition coefficient (Wildman–Crippen LogP) is 9.40. The van der Waals surface area contributed by atoms with Crippen LogP contribution < -0.4 is 0 Å². The average molecular weight is 421 g/mol. The summed E-state index contributed by atoms with van der Waals surface area (Å²) in [6, 6.07) is 14.7. The fourth-order valence-electron chi connectivity index (χ4n) is 6.45. The van der Waals surface area contributed by atoms with E-state index < -0.39 is 0 Å². The standard InChI is InChI=1S/C30H41F/c1-3-5-6-7-8-17-29-18-21-30(22-19-29,23-20-29)27-12-9-11-26(28(27)31)25-15-13-24(10-4-2)14-16-25/h9,11-16H,3-8,10,17-23H2,1-2H3. The summed E-state index contributed by atoms with van der Waals surface area (Å²) in [7, 11) is 0. The molecular weight excluding hydrogens is 379 g/mol. The molecule has 5 rings (SSSR count). The molecule has 31 heavy (non-hydrogen) atoms. The lowest BCUT2D eigenvalue weighted by molar-refractivity contribution is 0.0288. The van der Waals surface area contributed by atoms with Crippen LogP contribution in [0, 0.1) is 11.2 Å². The van der Waals surface area contributed by atoms with Gasteiger partial charge in [0.05, 0.1) is 0 Å². The minimum absolute atomic E-state index is 0.0414. The summed E-state index contributed by atoms with van der Waals surface area (Å²) in [6.45, 7) is 4.49. The number of rotatable bonds is 10. The molecule has 0 aromatic heterocycles. The molecule has 0 heterocycles. The Morgan fingerprint density at radius 3 is 2.06 bits per heavy atom. The van der Waals surface area contributed by atoms with Crippen molar-refractivity contribution in [1.29, 1.82) is 0 Å². The van der Waals surface area contributed by atoms with Crippen molar-refractivity contribution < 1.29 is 4.39 Å². The van der Waals surface area contributed by atoms with Crippen LogP contribution in [-0.2, 0) is 11.8 Å². The number of hydrogen-bond acceptors (Lipinski definition) is 0. The van der Waals surface area contributed by atoms with Gasteiger partial charge in [0, 0.05) is 5.56 Å². The van der Waals surface area contributed by atoms with E-state index in [1.165, 1.54) is 82.6 Å². The van der Waals surface area contributed by atoms with E-state index in [9.17, 15) is 0 Å². The first-order chi connectivity index (χ1) is 15.1. The largest absolute Gasteiger partial charge is 0.206 e. The van der Waals surface area contributed by atoms with Crippen molar-refractivity contribution in [3.05, 3.63) is 59.4 Å². The van der Waals surface area contributed by atoms with Gasteiger partial charge < -0.3 is 0 Å². The Kier molecular flexibility index (Phi) is 7.19. The third-order valence-electron chi connectivity index (χ3n) is 8.59. The Morgan fingerprint density at radius 1 is 0.742 bits per heavy atom. The van der Waals surface area contributed by atoms with E-state index in [2.05, 4.69) is 50.2 Å². The van der Waals surface area contributed by atoms with Crippen LogP contribution in [-0.4, -0.2) is 0 Å². The van der Waals surface area contributed by atoms with Gasteiger partial charge in [0.2, 0.25) is 0 Å². The molecule has 3 aliphatic rings. The molecule has 3 fully saturated rings. The number of unbranched alkanes of at least 4 members (excludes halogenated alkanes) is 4. The van der Waals surface area contributed by atoms with E-state index in [1.54, 1.807) is 0 Å². The third kappa shape index (κ3) is 4.76. The van der Waals surface area contributed by atoms with Crippen molar-refractivity contribution in [3.63, 3.8) is 0 Å². The van der Waals surface area contributed by atoms with Gasteiger partial charge in [-0.15, -0.1) is 0 Å². The molecule has 2 aromatic carbocycles. The lowest BCUT2D eigenvalue weighted by Gasteiger charge is -2.54. The summed E-state index contributed by atoms with van der Waals surface area (Å²) in [5, 5.41) is 0. The van der Waals surface area contributed by atoms with Crippen molar-refractivity contribution in [2.45, 2.75) is 109 Å². The number of hydrogen-bond donors (Lipinski definition) is 0. The van der Waals surface area contributed by atoms with Crippen LogP contribution in [0.15, 0.2) is 42.5 Å². The second-order valence-corrected chi connectivity index (χ2v) is 10.6. The summed E-state index contributed by atoms with van der Waals surface area (Å²) in [5.74, 6) is 0.0414. The molecular formula is C30H41F. The van der Waals surface area contributed by atoms with Gasteiger partial charge in [-0.2, -0.15) is 0 Å². The van der Waals surface area contributed by atoms with E-state index in [4.69, 9.17) is 0 Å². The zero-order valence-corrected chi connectivity index (χ0v) is 19.8. The number of aryl methyl sites for hydroxylation is 1. The van der Waals surface area contributed by atoms with Crippen LogP contribution in [0.2, 0.25) is 0 Å². The fraction of sp³-hybridized carbons (Fsp3) is 0.600. The molecule has 0 unspecified atom stereocenters. The second kappa shape index (κ2) is 9.88. The van der Waals surface area contributed by atoms with Crippen LogP contribution in [0.5, 0.6) is 0 Å². The lowest BCUT2D eigenvalue weighted by Crippen LogP contribution is -2.44. The van der Waals surface area contributed by atoms with E-state index in [0.717, 1.165) is 29.5 Å². The van der Waals surface area contributed by atoms with Gasteiger partial charge in [-0.25, -0.2) is 4.39 Å². The van der Waals surface area contributed by atoms with Gasteiger partial charge in [0.1, 0.15) is 5.82 Å². The zero-order valence-electron chi connectivity index (χ0n) is 19.8. The van der Waals surface area contributed by atoms with E-state index in [1.807, 2.05) is 6.07 Å². The normalized spacial score (nSPS) is 25.1. The van der Waals surface area contributed by atoms with Gasteiger partial charge in [0.15, 0.2) is 0 Å². The van der Waals surface area contributed by atoms with Gasteiger partial charge in [-0.3, -0.25) is 0 Å². The Hall–Kier alpha value is -1.63. The Bertz CT molecular complexity index is 823. The summed E-state index contributed by atoms with van der Waals surface area (Å²) in [6.07, 6.45) is 18.0. The van der Waals surface area contributed by atoms with Gasteiger partial charge in [-0.1, -0.05) is 94.8 Å². The molecule has 3 saturated carbocycles. The highest BCUT2D eigenvalue weighted by molar-refractivity contribution is 5.66. The Balaban J connectivity index is 1.47. The zero-order chi connectivity index (χ0) is 21.7. The maximum Gasteiger partial charge on any atom is 0.134 e. The lowest BCUT2D eigenvalue weighted by atomic mass is 9.50. The molecule has 0 saturated heterocycles. The van der Waals surface area contributed by atoms with Gasteiger partial charge in [-0.05, 0) is 78.9 Å². The van der Waals surface area contributed by atoms with E-state index in [-0.39, 0.29) is 11.2 Å². The third-order valence-corrected chi connectivity index (χ3v) is 8.59. The van der Waals surface area contributed by atoms with Crippen molar-refractivity contribution in [2.75, 3.05) is 0 Å². The first-order valence-electron chi connectivity index (χ1n) is 13.0. The molecule has 0 amide bonds. The summed E-state index contributed by atoms with van der Waals surface area (Å²) in [5.41, 5.74) is 4.78. The van der Waals surface area contributed by atoms with Crippen molar-refractivity contribution >= 4 is 0 Å². The highest BCUT2D eigenvalue weighted by Crippen LogP contribution is 2.60. The molecule has 2 bridgehead atoms. The van der Waals surface area contributed by atoms with Crippen LogP contribution in [0.4, 0.5) is 4.39 Å². The quantitative estimate of drug-likeness (QED) is 0.336. The van der Waals surface area contributed by atoms with E-state index >= 15 is 4.39 Å². The fourth-order valence-corrected chi connectivity index (χ4v) is 6.45. The van der Waals surface area contributed by atoms with Crippen LogP contribution >= 0.6 is 0 Å². The van der Waals surface area contributed by atoms with Gasteiger partial charge in [0.25, 0.3) is 0 Å². The summed E-state index contributed by atoms with van der Waals surface area (Å²) in [4.78, 5) is 0. The van der Waals surface area contributed by atoms with Crippen LogP contribution in [0.1, 0.15) is 108 Å². The SMILES string of the molecule is CCCCCCCC12CCC(c3cccc(-c4ccc(CCC)cc4)c3F)(CC1)CC2. The predicted molar refractivity (Wildman–Crippen MR) is 131 cm³/mol. The molecule has 168 valence electrons.